The monoisotopic (exact) mass is 278 g/mol. The van der Waals surface area contributed by atoms with Crippen molar-refractivity contribution in [2.75, 3.05) is 56.8 Å². The minimum atomic E-state index is 0.0239. The Kier molecular flexibility index (Phi) is 4.81. The highest BCUT2D eigenvalue weighted by Crippen LogP contribution is 2.31. The average molecular weight is 278 g/mol. The molecule has 4 N–H and O–H groups in total. The number of nitrogens with zero attached hydrogens (tertiary/aromatic N) is 1. The minimum Gasteiger partial charge on any atom is -0.397 e. The molecule has 110 valence electrons. The molecule has 1 aromatic rings. The summed E-state index contributed by atoms with van der Waals surface area (Å²) >= 11 is 0. The molecule has 0 saturated carbocycles. The fourth-order valence-electron chi connectivity index (χ4n) is 2.19. The van der Waals surface area contributed by atoms with Gasteiger partial charge < -0.3 is 26.0 Å². The summed E-state index contributed by atoms with van der Waals surface area (Å²) in [5.41, 5.74) is 9.38. The van der Waals surface area contributed by atoms with Crippen LogP contribution in [0, 0.1) is 0 Å². The fourth-order valence-corrected chi connectivity index (χ4v) is 2.19. The van der Waals surface area contributed by atoms with E-state index in [1.165, 1.54) is 0 Å². The number of amides is 1. The fraction of sp³-hybridized carbons (Fsp3) is 0.500. The first kappa shape index (κ1) is 14.6. The van der Waals surface area contributed by atoms with E-state index in [9.17, 15) is 4.79 Å². The number of rotatable bonds is 7. The zero-order valence-corrected chi connectivity index (χ0v) is 12.0. The van der Waals surface area contributed by atoms with Gasteiger partial charge in [0.25, 0.3) is 0 Å². The molecule has 0 aromatic heterocycles. The lowest BCUT2D eigenvalue weighted by molar-refractivity contribution is -0.115. The number of anilines is 3. The first-order valence-electron chi connectivity index (χ1n) is 6.73. The Morgan fingerprint density at radius 1 is 1.45 bits per heavy atom. The van der Waals surface area contributed by atoms with Crippen molar-refractivity contribution in [1.29, 1.82) is 0 Å². The van der Waals surface area contributed by atoms with Crippen LogP contribution in [0.2, 0.25) is 0 Å². The Balaban J connectivity index is 1.88. The van der Waals surface area contributed by atoms with E-state index in [1.807, 2.05) is 19.2 Å². The van der Waals surface area contributed by atoms with Crippen molar-refractivity contribution >= 4 is 23.0 Å². The summed E-state index contributed by atoms with van der Waals surface area (Å²) in [7, 11) is 3.75. The van der Waals surface area contributed by atoms with Crippen LogP contribution in [0.3, 0.4) is 0 Å². The summed E-state index contributed by atoms with van der Waals surface area (Å²) < 4.78 is 5.03. The number of benzene rings is 1. The van der Waals surface area contributed by atoms with Crippen molar-refractivity contribution in [3.05, 3.63) is 17.7 Å². The van der Waals surface area contributed by atoms with Gasteiger partial charge in [0.2, 0.25) is 5.91 Å². The van der Waals surface area contributed by atoms with E-state index in [4.69, 9.17) is 10.5 Å². The smallest absolute Gasteiger partial charge is 0.228 e. The summed E-state index contributed by atoms with van der Waals surface area (Å²) in [6.45, 7) is 3.31. The molecular formula is C14H22N4O2. The number of nitrogens with two attached hydrogens (primary N) is 1. The van der Waals surface area contributed by atoms with Crippen LogP contribution in [0.4, 0.5) is 17.1 Å². The van der Waals surface area contributed by atoms with Crippen molar-refractivity contribution in [2.24, 2.45) is 0 Å². The molecule has 0 spiro atoms. The number of nitrogen functional groups attached to an aromatic ring is 1. The van der Waals surface area contributed by atoms with Crippen LogP contribution >= 0.6 is 0 Å². The quantitative estimate of drug-likeness (QED) is 0.642. The van der Waals surface area contributed by atoms with E-state index < -0.39 is 0 Å². The molecule has 1 heterocycles. The van der Waals surface area contributed by atoms with Gasteiger partial charge in [-0.25, -0.2) is 0 Å². The van der Waals surface area contributed by atoms with E-state index in [0.29, 0.717) is 12.1 Å². The molecule has 0 aliphatic carbocycles. The summed E-state index contributed by atoms with van der Waals surface area (Å²) in [5, 5.41) is 6.14. The van der Waals surface area contributed by atoms with Gasteiger partial charge >= 0.3 is 0 Å². The molecule has 6 nitrogen and oxygen atoms in total. The highest BCUT2D eigenvalue weighted by molar-refractivity contribution is 6.00. The lowest BCUT2D eigenvalue weighted by Gasteiger charge is -2.17. The standard InChI is InChI=1S/C14H22N4O2/c1-18(5-6-20-2)4-3-16-13-9-12-10(7-11(13)15)8-14(19)17-12/h7,9,16H,3-6,8,15H2,1-2H3,(H,17,19). The maximum absolute atomic E-state index is 11.3. The zero-order chi connectivity index (χ0) is 14.5. The molecule has 1 amide bonds. The number of fused-ring (bicyclic) bond motifs is 1. The number of methoxy groups -OCH3 is 1. The topological polar surface area (TPSA) is 79.6 Å². The summed E-state index contributed by atoms with van der Waals surface area (Å²) in [6.07, 6.45) is 0.416. The second-order valence-electron chi connectivity index (χ2n) is 5.04. The number of carbonyl (C=O) groups excluding carboxylic acids is 1. The van der Waals surface area contributed by atoms with Crippen LogP contribution in [0.25, 0.3) is 0 Å². The van der Waals surface area contributed by atoms with Gasteiger partial charge in [0.15, 0.2) is 0 Å². The lowest BCUT2D eigenvalue weighted by atomic mass is 10.1. The Labute approximate surface area is 119 Å². The highest BCUT2D eigenvalue weighted by atomic mass is 16.5. The van der Waals surface area contributed by atoms with E-state index in [2.05, 4.69) is 15.5 Å². The summed E-state index contributed by atoms with van der Waals surface area (Å²) in [6, 6.07) is 3.77. The normalized spacial score (nSPS) is 13.4. The van der Waals surface area contributed by atoms with Crippen molar-refractivity contribution in [1.82, 2.24) is 4.90 Å². The molecule has 20 heavy (non-hydrogen) atoms. The molecule has 6 heteroatoms. The van der Waals surface area contributed by atoms with Gasteiger partial charge in [-0.15, -0.1) is 0 Å². The van der Waals surface area contributed by atoms with E-state index in [0.717, 1.165) is 43.2 Å². The van der Waals surface area contributed by atoms with Crippen LogP contribution < -0.4 is 16.4 Å². The molecule has 0 saturated heterocycles. The second kappa shape index (κ2) is 6.58. The van der Waals surface area contributed by atoms with Gasteiger partial charge in [-0.1, -0.05) is 0 Å². The molecule has 1 aromatic carbocycles. The van der Waals surface area contributed by atoms with Gasteiger partial charge in [-0.3, -0.25) is 4.79 Å². The molecule has 0 radical (unpaired) electrons. The van der Waals surface area contributed by atoms with Gasteiger partial charge in [0, 0.05) is 32.4 Å². The van der Waals surface area contributed by atoms with Crippen molar-refractivity contribution < 1.29 is 9.53 Å². The zero-order valence-electron chi connectivity index (χ0n) is 12.0. The number of likely N-dealkylation sites (N-methyl/N-ethyl adjacent to an activating group) is 1. The lowest BCUT2D eigenvalue weighted by Crippen LogP contribution is -2.28. The average Bonchev–Trinajstić information content (AvgIpc) is 2.75. The van der Waals surface area contributed by atoms with Gasteiger partial charge in [-0.2, -0.15) is 0 Å². The number of ether oxygens (including phenoxy) is 1. The van der Waals surface area contributed by atoms with Crippen LogP contribution in [-0.4, -0.2) is 51.2 Å². The Morgan fingerprint density at radius 2 is 2.25 bits per heavy atom. The van der Waals surface area contributed by atoms with Crippen LogP contribution in [0.15, 0.2) is 12.1 Å². The highest BCUT2D eigenvalue weighted by Gasteiger charge is 2.19. The maximum Gasteiger partial charge on any atom is 0.228 e. The van der Waals surface area contributed by atoms with Crippen LogP contribution in [-0.2, 0) is 16.0 Å². The second-order valence-corrected chi connectivity index (χ2v) is 5.04. The minimum absolute atomic E-state index is 0.0239. The molecule has 0 bridgehead atoms. The molecular weight excluding hydrogens is 256 g/mol. The first-order valence-corrected chi connectivity index (χ1v) is 6.73. The molecule has 0 fully saturated rings. The predicted octanol–water partition coefficient (Wildman–Crippen LogP) is 0.754. The maximum atomic E-state index is 11.3. The van der Waals surface area contributed by atoms with E-state index >= 15 is 0 Å². The first-order chi connectivity index (χ1) is 9.60. The Hall–Kier alpha value is -1.79. The third kappa shape index (κ3) is 3.61. The van der Waals surface area contributed by atoms with Crippen LogP contribution in [0.1, 0.15) is 5.56 Å². The third-order valence-corrected chi connectivity index (χ3v) is 3.39. The predicted molar refractivity (Wildman–Crippen MR) is 81.1 cm³/mol. The molecule has 0 atom stereocenters. The van der Waals surface area contributed by atoms with Crippen molar-refractivity contribution in [3.8, 4) is 0 Å². The van der Waals surface area contributed by atoms with Crippen LogP contribution in [0.5, 0.6) is 0 Å². The summed E-state index contributed by atoms with van der Waals surface area (Å²) in [5.74, 6) is 0.0239. The van der Waals surface area contributed by atoms with Crippen molar-refractivity contribution in [3.63, 3.8) is 0 Å². The number of hydrogen-bond donors (Lipinski definition) is 3. The van der Waals surface area contributed by atoms with Gasteiger partial charge in [-0.05, 0) is 24.7 Å². The van der Waals surface area contributed by atoms with Gasteiger partial charge in [0.1, 0.15) is 0 Å². The molecule has 1 aliphatic heterocycles. The van der Waals surface area contributed by atoms with E-state index in [-0.39, 0.29) is 5.91 Å². The van der Waals surface area contributed by atoms with Gasteiger partial charge in [0.05, 0.1) is 24.4 Å². The number of hydrogen-bond acceptors (Lipinski definition) is 5. The largest absolute Gasteiger partial charge is 0.397 e. The SMILES string of the molecule is COCCN(C)CCNc1cc2c(cc1N)CC(=O)N2. The Bertz CT molecular complexity index is 490. The molecule has 0 unspecified atom stereocenters. The number of carbonyl (C=O) groups is 1. The summed E-state index contributed by atoms with van der Waals surface area (Å²) in [4.78, 5) is 13.5. The van der Waals surface area contributed by atoms with Crippen molar-refractivity contribution in [2.45, 2.75) is 6.42 Å². The Morgan fingerprint density at radius 3 is 3.00 bits per heavy atom. The molecule has 1 aliphatic rings. The molecule has 2 rings (SSSR count). The third-order valence-electron chi connectivity index (χ3n) is 3.39. The number of nitrogens with one attached hydrogen (secondary N) is 2. The van der Waals surface area contributed by atoms with E-state index in [1.54, 1.807) is 7.11 Å².